The van der Waals surface area contributed by atoms with E-state index in [4.69, 9.17) is 18.9 Å². The smallest absolute Gasteiger partial charge is 0.220 e. The third-order valence-electron chi connectivity index (χ3n) is 20.3. The minimum absolute atomic E-state index is 0.231. The maximum atomic E-state index is 13.4. The molecule has 2 aliphatic heterocycles. The first kappa shape index (κ1) is 90.3. The number of carbonyl (C=O) groups is 1. The standard InChI is InChI=1S/C82H155NO13/c1-3-5-7-9-11-13-15-17-19-21-23-25-27-29-31-33-34-35-36-38-40-42-44-46-48-50-52-54-56-58-60-62-64-66-74(87)83-70(69-93-81-79(92)77(90)80(73(68-85)95-81)96-82-78(91)76(89)75(88)72(67-84)94-82)71(86)65-63-61-59-57-55-53-51-49-47-45-43-41-39-37-32-30-28-26-24-22-20-18-16-14-12-10-8-6-4-2/h15,17,21,23,63,65,70-73,75-82,84-86,88-92H,3-14,16,18-20,22,24-62,64,66-69H2,1-2H3,(H,83,87)/b17-15-,23-21-,65-63+. The van der Waals surface area contributed by atoms with E-state index in [1.807, 2.05) is 6.08 Å². The topological polar surface area (TPSA) is 228 Å². The number of amides is 1. The molecule has 12 unspecified atom stereocenters. The molecule has 14 heteroatoms. The van der Waals surface area contributed by atoms with Gasteiger partial charge in [0.25, 0.3) is 0 Å². The van der Waals surface area contributed by atoms with Crippen molar-refractivity contribution >= 4 is 5.91 Å². The number of allylic oxidation sites excluding steroid dienone is 5. The van der Waals surface area contributed by atoms with E-state index in [0.29, 0.717) is 6.42 Å². The van der Waals surface area contributed by atoms with Crippen molar-refractivity contribution in [1.82, 2.24) is 5.32 Å². The lowest BCUT2D eigenvalue weighted by atomic mass is 9.97. The zero-order valence-electron chi connectivity index (χ0n) is 62.1. The Labute approximate surface area is 589 Å². The Balaban J connectivity index is 1.60. The largest absolute Gasteiger partial charge is 0.394 e. The molecule has 2 heterocycles. The molecule has 0 saturated carbocycles. The summed E-state index contributed by atoms with van der Waals surface area (Å²) >= 11 is 0. The summed E-state index contributed by atoms with van der Waals surface area (Å²) in [4.78, 5) is 13.4. The quantitative estimate of drug-likeness (QED) is 0.0204. The summed E-state index contributed by atoms with van der Waals surface area (Å²) in [7, 11) is 0. The highest BCUT2D eigenvalue weighted by Crippen LogP contribution is 2.30. The molecule has 0 aromatic carbocycles. The SMILES string of the molecule is CCCCCCC/C=C\C/C=C\CCCCCCCCCCCCCCCCCCCCCCCC(=O)NC(COC1OC(CO)C(OC2OC(CO)C(O)C(O)C2O)C(O)C1O)C(O)/C=C/CCCCCCCCCCCCCCCCCCCCCCCCCCCCC. The van der Waals surface area contributed by atoms with Gasteiger partial charge >= 0.3 is 0 Å². The Morgan fingerprint density at radius 3 is 1.04 bits per heavy atom. The highest BCUT2D eigenvalue weighted by atomic mass is 16.7. The molecular formula is C82H155NO13. The maximum Gasteiger partial charge on any atom is 0.220 e. The molecular weight excluding hydrogens is 1210 g/mol. The summed E-state index contributed by atoms with van der Waals surface area (Å²) in [6.45, 7) is 2.86. The summed E-state index contributed by atoms with van der Waals surface area (Å²) in [6, 6.07) is -0.915. The number of hydrogen-bond donors (Lipinski definition) is 9. The molecule has 566 valence electrons. The molecule has 9 N–H and O–H groups in total. The fourth-order valence-electron chi connectivity index (χ4n) is 13.8. The predicted molar refractivity (Wildman–Crippen MR) is 397 cm³/mol. The number of rotatable bonds is 70. The maximum absolute atomic E-state index is 13.4. The fraction of sp³-hybridized carbons (Fsp3) is 0.915. The van der Waals surface area contributed by atoms with Crippen molar-refractivity contribution in [2.24, 2.45) is 0 Å². The number of carbonyl (C=O) groups excluding carboxylic acids is 1. The summed E-state index contributed by atoms with van der Waals surface area (Å²) in [6.07, 6.45) is 70.9. The minimum Gasteiger partial charge on any atom is -0.394 e. The van der Waals surface area contributed by atoms with Crippen LogP contribution in [0.3, 0.4) is 0 Å². The molecule has 2 fully saturated rings. The summed E-state index contributed by atoms with van der Waals surface area (Å²) < 4.78 is 22.9. The number of hydrogen-bond acceptors (Lipinski definition) is 13. The van der Waals surface area contributed by atoms with Crippen molar-refractivity contribution in [3.05, 3.63) is 36.5 Å². The molecule has 2 saturated heterocycles. The third kappa shape index (κ3) is 48.9. The van der Waals surface area contributed by atoms with E-state index in [-0.39, 0.29) is 18.9 Å². The zero-order valence-corrected chi connectivity index (χ0v) is 62.1. The van der Waals surface area contributed by atoms with Crippen LogP contribution in [0.1, 0.15) is 386 Å². The second-order valence-corrected chi connectivity index (χ2v) is 29.3. The number of aliphatic hydroxyl groups excluding tert-OH is 8. The van der Waals surface area contributed by atoms with Crippen LogP contribution < -0.4 is 5.32 Å². The van der Waals surface area contributed by atoms with Gasteiger partial charge in [0.2, 0.25) is 5.91 Å². The molecule has 0 aromatic rings. The fourth-order valence-corrected chi connectivity index (χ4v) is 13.8. The summed E-state index contributed by atoms with van der Waals surface area (Å²) in [5.41, 5.74) is 0. The van der Waals surface area contributed by atoms with Gasteiger partial charge in [-0.2, -0.15) is 0 Å². The second kappa shape index (κ2) is 66.4. The van der Waals surface area contributed by atoms with E-state index in [1.165, 1.54) is 315 Å². The molecule has 0 aromatic heterocycles. The van der Waals surface area contributed by atoms with Gasteiger partial charge in [-0.3, -0.25) is 4.79 Å². The van der Waals surface area contributed by atoms with Crippen molar-refractivity contribution in [1.29, 1.82) is 0 Å². The average Bonchev–Trinajstić information content (AvgIpc) is 0.812. The van der Waals surface area contributed by atoms with E-state index >= 15 is 0 Å². The van der Waals surface area contributed by atoms with E-state index < -0.39 is 86.8 Å². The molecule has 0 radical (unpaired) electrons. The molecule has 1 amide bonds. The van der Waals surface area contributed by atoms with Crippen LogP contribution in [0.25, 0.3) is 0 Å². The molecule has 2 aliphatic rings. The van der Waals surface area contributed by atoms with Gasteiger partial charge in [0, 0.05) is 6.42 Å². The third-order valence-corrected chi connectivity index (χ3v) is 20.3. The van der Waals surface area contributed by atoms with Gasteiger partial charge < -0.3 is 65.1 Å². The van der Waals surface area contributed by atoms with Crippen molar-refractivity contribution in [2.45, 2.75) is 460 Å². The van der Waals surface area contributed by atoms with Gasteiger partial charge in [-0.05, 0) is 51.4 Å². The van der Waals surface area contributed by atoms with Gasteiger partial charge in [0.1, 0.15) is 48.8 Å². The van der Waals surface area contributed by atoms with Gasteiger partial charge in [-0.25, -0.2) is 0 Å². The van der Waals surface area contributed by atoms with Crippen molar-refractivity contribution in [2.75, 3.05) is 19.8 Å². The highest BCUT2D eigenvalue weighted by Gasteiger charge is 2.51. The van der Waals surface area contributed by atoms with Gasteiger partial charge in [-0.15, -0.1) is 0 Å². The summed E-state index contributed by atoms with van der Waals surface area (Å²) in [5, 5.41) is 87.7. The Bertz CT molecular complexity index is 1750. The van der Waals surface area contributed by atoms with Crippen LogP contribution in [0.4, 0.5) is 0 Å². The van der Waals surface area contributed by atoms with Crippen LogP contribution in [0.5, 0.6) is 0 Å². The second-order valence-electron chi connectivity index (χ2n) is 29.3. The van der Waals surface area contributed by atoms with E-state index in [2.05, 4.69) is 43.5 Å². The number of nitrogens with one attached hydrogen (secondary N) is 1. The predicted octanol–water partition coefficient (Wildman–Crippen LogP) is 18.8. The first-order valence-corrected chi connectivity index (χ1v) is 41.2. The number of aliphatic hydroxyl groups is 8. The van der Waals surface area contributed by atoms with Crippen LogP contribution in [0.2, 0.25) is 0 Å². The van der Waals surface area contributed by atoms with Crippen molar-refractivity contribution in [3.63, 3.8) is 0 Å². The van der Waals surface area contributed by atoms with Crippen molar-refractivity contribution < 1.29 is 64.6 Å². The van der Waals surface area contributed by atoms with Crippen molar-refractivity contribution in [3.8, 4) is 0 Å². The normalized spacial score (nSPS) is 22.4. The van der Waals surface area contributed by atoms with Gasteiger partial charge in [0.15, 0.2) is 12.6 Å². The Hall–Kier alpha value is -1.79. The zero-order chi connectivity index (χ0) is 69.4. The lowest BCUT2D eigenvalue weighted by Gasteiger charge is -2.46. The first-order chi connectivity index (χ1) is 47.1. The van der Waals surface area contributed by atoms with Crippen LogP contribution >= 0.6 is 0 Å². The Morgan fingerprint density at radius 1 is 0.375 bits per heavy atom. The first-order valence-electron chi connectivity index (χ1n) is 41.2. The van der Waals surface area contributed by atoms with E-state index in [0.717, 1.165) is 44.9 Å². The molecule has 96 heavy (non-hydrogen) atoms. The van der Waals surface area contributed by atoms with E-state index in [9.17, 15) is 45.6 Å². The van der Waals surface area contributed by atoms with Gasteiger partial charge in [-0.1, -0.05) is 365 Å². The highest BCUT2D eigenvalue weighted by molar-refractivity contribution is 5.76. The Kier molecular flexibility index (Phi) is 62.5. The number of ether oxygens (including phenoxy) is 4. The minimum atomic E-state index is -1.79. The van der Waals surface area contributed by atoms with Gasteiger partial charge in [0.05, 0.1) is 32.0 Å². The molecule has 2 rings (SSSR count). The van der Waals surface area contributed by atoms with Crippen LogP contribution in [-0.4, -0.2) is 140 Å². The van der Waals surface area contributed by atoms with E-state index in [1.54, 1.807) is 6.08 Å². The number of unbranched alkanes of at least 4 members (excludes halogenated alkanes) is 53. The van der Waals surface area contributed by atoms with Crippen LogP contribution in [-0.2, 0) is 23.7 Å². The molecule has 0 aliphatic carbocycles. The molecule has 0 spiro atoms. The Morgan fingerprint density at radius 2 is 0.688 bits per heavy atom. The molecule has 0 bridgehead atoms. The summed E-state index contributed by atoms with van der Waals surface area (Å²) in [5.74, 6) is -0.231. The van der Waals surface area contributed by atoms with Crippen LogP contribution in [0.15, 0.2) is 36.5 Å². The molecule has 14 nitrogen and oxygen atoms in total. The van der Waals surface area contributed by atoms with Crippen LogP contribution in [0, 0.1) is 0 Å². The molecule has 12 atom stereocenters. The lowest BCUT2D eigenvalue weighted by molar-refractivity contribution is -0.359. The average molecular weight is 1360 g/mol. The lowest BCUT2D eigenvalue weighted by Crippen LogP contribution is -2.65. The monoisotopic (exact) mass is 1360 g/mol.